The standard InChI is InChI=1S/C11H18N2O/c14-7-3-6-11-12-8-10(13-11)9-4-1-2-5-9/h8-9,14H,1-7H2,(H,12,13). The van der Waals surface area contributed by atoms with Gasteiger partial charge in [-0.1, -0.05) is 12.8 Å². The van der Waals surface area contributed by atoms with Crippen molar-refractivity contribution >= 4 is 0 Å². The Hall–Kier alpha value is -0.830. The highest BCUT2D eigenvalue weighted by atomic mass is 16.2. The monoisotopic (exact) mass is 194 g/mol. The van der Waals surface area contributed by atoms with Crippen molar-refractivity contribution in [2.45, 2.75) is 44.4 Å². The Morgan fingerprint density at radius 1 is 1.43 bits per heavy atom. The molecule has 1 aromatic rings. The molecular weight excluding hydrogens is 176 g/mol. The van der Waals surface area contributed by atoms with E-state index in [1.165, 1.54) is 31.4 Å². The van der Waals surface area contributed by atoms with Crippen molar-refractivity contribution in [2.24, 2.45) is 0 Å². The Morgan fingerprint density at radius 3 is 2.93 bits per heavy atom. The van der Waals surface area contributed by atoms with Crippen LogP contribution in [0, 0.1) is 0 Å². The van der Waals surface area contributed by atoms with Crippen LogP contribution in [0.25, 0.3) is 0 Å². The molecule has 0 spiro atoms. The van der Waals surface area contributed by atoms with Crippen molar-refractivity contribution < 1.29 is 5.11 Å². The van der Waals surface area contributed by atoms with Crippen LogP contribution in [0.3, 0.4) is 0 Å². The molecule has 0 aliphatic heterocycles. The number of aromatic amines is 1. The minimum Gasteiger partial charge on any atom is -0.396 e. The number of nitrogens with zero attached hydrogens (tertiary/aromatic N) is 1. The highest BCUT2D eigenvalue weighted by molar-refractivity contribution is 5.09. The van der Waals surface area contributed by atoms with E-state index in [-0.39, 0.29) is 6.61 Å². The first-order valence-corrected chi connectivity index (χ1v) is 5.55. The van der Waals surface area contributed by atoms with E-state index in [1.54, 1.807) is 0 Å². The van der Waals surface area contributed by atoms with Gasteiger partial charge in [0.1, 0.15) is 5.82 Å². The summed E-state index contributed by atoms with van der Waals surface area (Å²) in [6.07, 6.45) is 8.97. The molecule has 0 aromatic carbocycles. The van der Waals surface area contributed by atoms with Crippen molar-refractivity contribution in [1.29, 1.82) is 0 Å². The van der Waals surface area contributed by atoms with Gasteiger partial charge in [0.2, 0.25) is 0 Å². The molecule has 0 amide bonds. The van der Waals surface area contributed by atoms with Gasteiger partial charge in [0.15, 0.2) is 0 Å². The van der Waals surface area contributed by atoms with Gasteiger partial charge >= 0.3 is 0 Å². The number of aliphatic hydroxyl groups excluding tert-OH is 1. The van der Waals surface area contributed by atoms with Crippen LogP contribution in [0.1, 0.15) is 49.5 Å². The van der Waals surface area contributed by atoms with Crippen LogP contribution in [-0.4, -0.2) is 21.7 Å². The van der Waals surface area contributed by atoms with Gasteiger partial charge < -0.3 is 10.1 Å². The van der Waals surface area contributed by atoms with Gasteiger partial charge in [-0.25, -0.2) is 4.98 Å². The molecule has 2 N–H and O–H groups in total. The average molecular weight is 194 g/mol. The first kappa shape index (κ1) is 9.71. The van der Waals surface area contributed by atoms with Crippen LogP contribution in [-0.2, 0) is 6.42 Å². The fraction of sp³-hybridized carbons (Fsp3) is 0.727. The zero-order valence-electron chi connectivity index (χ0n) is 8.50. The van der Waals surface area contributed by atoms with Gasteiger partial charge in [0.05, 0.1) is 0 Å². The highest BCUT2D eigenvalue weighted by Gasteiger charge is 2.18. The molecule has 3 heteroatoms. The van der Waals surface area contributed by atoms with E-state index in [2.05, 4.69) is 9.97 Å². The molecule has 0 atom stereocenters. The summed E-state index contributed by atoms with van der Waals surface area (Å²) in [5.41, 5.74) is 1.30. The molecule has 1 aliphatic carbocycles. The predicted octanol–water partition coefficient (Wildman–Crippen LogP) is 1.99. The Balaban J connectivity index is 1.94. The van der Waals surface area contributed by atoms with Crippen LogP contribution < -0.4 is 0 Å². The third-order valence-corrected chi connectivity index (χ3v) is 3.01. The lowest BCUT2D eigenvalue weighted by Crippen LogP contribution is -1.94. The maximum Gasteiger partial charge on any atom is 0.106 e. The quantitative estimate of drug-likeness (QED) is 0.770. The topological polar surface area (TPSA) is 48.9 Å². The summed E-state index contributed by atoms with van der Waals surface area (Å²) < 4.78 is 0. The number of aliphatic hydroxyl groups is 1. The van der Waals surface area contributed by atoms with Crippen LogP contribution in [0.2, 0.25) is 0 Å². The van der Waals surface area contributed by atoms with Crippen LogP contribution in [0.4, 0.5) is 0 Å². The summed E-state index contributed by atoms with van der Waals surface area (Å²) in [6.45, 7) is 0.249. The second kappa shape index (κ2) is 4.60. The third kappa shape index (κ3) is 2.15. The Kier molecular flexibility index (Phi) is 3.19. The smallest absolute Gasteiger partial charge is 0.106 e. The van der Waals surface area contributed by atoms with Crippen LogP contribution in [0.5, 0.6) is 0 Å². The largest absolute Gasteiger partial charge is 0.396 e. The number of H-pyrrole nitrogens is 1. The molecule has 1 heterocycles. The second-order valence-electron chi connectivity index (χ2n) is 4.09. The first-order valence-electron chi connectivity index (χ1n) is 5.55. The van der Waals surface area contributed by atoms with Gasteiger partial charge in [0, 0.05) is 30.8 Å². The lowest BCUT2D eigenvalue weighted by molar-refractivity contribution is 0.287. The number of hydrogen-bond donors (Lipinski definition) is 2. The number of rotatable bonds is 4. The zero-order valence-corrected chi connectivity index (χ0v) is 8.50. The minimum atomic E-state index is 0.249. The average Bonchev–Trinajstić information content (AvgIpc) is 2.85. The number of nitrogens with one attached hydrogen (secondary N) is 1. The molecule has 0 bridgehead atoms. The maximum absolute atomic E-state index is 8.70. The molecule has 78 valence electrons. The molecule has 1 aromatic heterocycles. The molecule has 2 rings (SSSR count). The van der Waals surface area contributed by atoms with Gasteiger partial charge in [-0.2, -0.15) is 0 Å². The van der Waals surface area contributed by atoms with E-state index < -0.39 is 0 Å². The normalized spacial score (nSPS) is 17.8. The summed E-state index contributed by atoms with van der Waals surface area (Å²) in [7, 11) is 0. The van der Waals surface area contributed by atoms with E-state index in [4.69, 9.17) is 5.11 Å². The van der Waals surface area contributed by atoms with Crippen molar-refractivity contribution in [3.63, 3.8) is 0 Å². The van der Waals surface area contributed by atoms with Crippen molar-refractivity contribution in [1.82, 2.24) is 9.97 Å². The molecule has 0 radical (unpaired) electrons. The van der Waals surface area contributed by atoms with E-state index >= 15 is 0 Å². The maximum atomic E-state index is 8.70. The summed E-state index contributed by atoms with van der Waals surface area (Å²) in [5.74, 6) is 1.74. The summed E-state index contributed by atoms with van der Waals surface area (Å²) in [6, 6.07) is 0. The van der Waals surface area contributed by atoms with Crippen molar-refractivity contribution in [3.05, 3.63) is 17.7 Å². The van der Waals surface area contributed by atoms with Crippen molar-refractivity contribution in [2.75, 3.05) is 6.61 Å². The molecule has 1 aliphatic rings. The predicted molar refractivity (Wildman–Crippen MR) is 55.2 cm³/mol. The van der Waals surface area contributed by atoms with E-state index in [0.717, 1.165) is 18.7 Å². The first-order chi connectivity index (χ1) is 6.90. The lowest BCUT2D eigenvalue weighted by atomic mass is 10.1. The van der Waals surface area contributed by atoms with Crippen molar-refractivity contribution in [3.8, 4) is 0 Å². The molecule has 0 saturated heterocycles. The molecule has 1 fully saturated rings. The third-order valence-electron chi connectivity index (χ3n) is 3.01. The molecule has 14 heavy (non-hydrogen) atoms. The van der Waals surface area contributed by atoms with Gasteiger partial charge in [-0.15, -0.1) is 0 Å². The van der Waals surface area contributed by atoms with E-state index in [9.17, 15) is 0 Å². The summed E-state index contributed by atoms with van der Waals surface area (Å²) in [4.78, 5) is 7.70. The van der Waals surface area contributed by atoms with E-state index in [1.807, 2.05) is 6.20 Å². The van der Waals surface area contributed by atoms with E-state index in [0.29, 0.717) is 5.92 Å². The number of hydrogen-bond acceptors (Lipinski definition) is 2. The number of imidazole rings is 1. The fourth-order valence-corrected chi connectivity index (χ4v) is 2.20. The molecule has 0 unspecified atom stereocenters. The summed E-state index contributed by atoms with van der Waals surface area (Å²) in [5, 5.41) is 8.70. The second-order valence-corrected chi connectivity index (χ2v) is 4.09. The van der Waals surface area contributed by atoms with Crippen LogP contribution in [0.15, 0.2) is 6.20 Å². The lowest BCUT2D eigenvalue weighted by Gasteiger charge is -2.04. The van der Waals surface area contributed by atoms with Gasteiger partial charge in [-0.3, -0.25) is 0 Å². The Bertz CT molecular complexity index is 277. The Morgan fingerprint density at radius 2 is 2.21 bits per heavy atom. The molecule has 3 nitrogen and oxygen atoms in total. The number of aryl methyl sites for hydroxylation is 1. The molecular formula is C11H18N2O. The Labute approximate surface area is 84.6 Å². The highest BCUT2D eigenvalue weighted by Crippen LogP contribution is 2.32. The zero-order chi connectivity index (χ0) is 9.80. The SMILES string of the molecule is OCCCc1ncc(C2CCCC2)[nH]1. The summed E-state index contributed by atoms with van der Waals surface area (Å²) >= 11 is 0. The molecule has 1 saturated carbocycles. The minimum absolute atomic E-state index is 0.249. The van der Waals surface area contributed by atoms with Gasteiger partial charge in [0.25, 0.3) is 0 Å². The van der Waals surface area contributed by atoms with Gasteiger partial charge in [-0.05, 0) is 19.3 Å². The van der Waals surface area contributed by atoms with Crippen LogP contribution >= 0.6 is 0 Å². The fourth-order valence-electron chi connectivity index (χ4n) is 2.20. The number of aromatic nitrogens is 2.